The van der Waals surface area contributed by atoms with Gasteiger partial charge in [-0.15, -0.1) is 0 Å². The minimum atomic E-state index is 0.0337. The zero-order valence-corrected chi connectivity index (χ0v) is 7.55. The molecule has 1 aliphatic rings. The van der Waals surface area contributed by atoms with Gasteiger partial charge in [0.1, 0.15) is 0 Å². The number of nitrogens with one attached hydrogen (secondary N) is 1. The Bertz CT molecular complexity index is 158. The summed E-state index contributed by atoms with van der Waals surface area (Å²) in [5.74, 6) is 0.0337. The lowest BCUT2D eigenvalue weighted by Gasteiger charge is -2.11. The second-order valence-corrected chi connectivity index (χ2v) is 3.40. The van der Waals surface area contributed by atoms with E-state index in [2.05, 4.69) is 11.5 Å². The number of nitrogens with zero attached hydrogens (tertiary/aromatic N) is 1. The van der Waals surface area contributed by atoms with Crippen LogP contribution in [0.15, 0.2) is 0 Å². The highest BCUT2D eigenvalue weighted by Gasteiger charge is 2.15. The molecule has 0 aliphatic heterocycles. The average molecular weight is 168 g/mol. The summed E-state index contributed by atoms with van der Waals surface area (Å²) in [6.07, 6.45) is 5.26. The lowest BCUT2D eigenvalue weighted by Crippen LogP contribution is -2.25. The van der Waals surface area contributed by atoms with E-state index < -0.39 is 0 Å². The zero-order chi connectivity index (χ0) is 8.81. The Morgan fingerprint density at radius 3 is 2.83 bits per heavy atom. The highest BCUT2D eigenvalue weighted by molar-refractivity contribution is 4.79. The van der Waals surface area contributed by atoms with Crippen molar-refractivity contribution in [2.75, 3.05) is 6.54 Å². The third kappa shape index (κ3) is 3.21. The van der Waals surface area contributed by atoms with Crippen LogP contribution in [-0.2, 0) is 4.84 Å². The van der Waals surface area contributed by atoms with E-state index >= 15 is 0 Å². The lowest BCUT2D eigenvalue weighted by atomic mass is 10.2. The third-order valence-corrected chi connectivity index (χ3v) is 2.16. The molecule has 3 nitrogen and oxygen atoms in total. The van der Waals surface area contributed by atoms with E-state index in [1.54, 1.807) is 0 Å². The van der Waals surface area contributed by atoms with Crippen molar-refractivity contribution in [3.05, 3.63) is 0 Å². The van der Waals surface area contributed by atoms with E-state index in [1.807, 2.05) is 6.92 Å². The van der Waals surface area contributed by atoms with Crippen molar-refractivity contribution in [2.24, 2.45) is 5.92 Å². The molecule has 0 saturated heterocycles. The van der Waals surface area contributed by atoms with Gasteiger partial charge in [-0.25, -0.2) is 5.48 Å². The Morgan fingerprint density at radius 1 is 1.58 bits per heavy atom. The first-order valence-electron chi connectivity index (χ1n) is 4.61. The normalized spacial score (nSPS) is 20.7. The Morgan fingerprint density at radius 2 is 2.25 bits per heavy atom. The summed E-state index contributed by atoms with van der Waals surface area (Å²) in [6.45, 7) is 2.51. The second kappa shape index (κ2) is 5.13. The van der Waals surface area contributed by atoms with Crippen LogP contribution < -0.4 is 5.48 Å². The van der Waals surface area contributed by atoms with Crippen molar-refractivity contribution in [2.45, 2.75) is 38.7 Å². The summed E-state index contributed by atoms with van der Waals surface area (Å²) in [7, 11) is 0. The molecule has 0 heterocycles. The minimum absolute atomic E-state index is 0.0337. The average Bonchev–Trinajstić information content (AvgIpc) is 2.57. The molecule has 1 fully saturated rings. The van der Waals surface area contributed by atoms with Crippen LogP contribution in [0, 0.1) is 17.2 Å². The van der Waals surface area contributed by atoms with Crippen LogP contribution in [-0.4, -0.2) is 12.6 Å². The molecule has 1 N–H and O–H groups in total. The maximum atomic E-state index is 8.48. The van der Waals surface area contributed by atoms with Crippen LogP contribution in [0.1, 0.15) is 32.6 Å². The molecule has 12 heavy (non-hydrogen) atoms. The zero-order valence-electron chi connectivity index (χ0n) is 7.55. The van der Waals surface area contributed by atoms with Gasteiger partial charge in [-0.2, -0.15) is 5.26 Å². The quantitative estimate of drug-likeness (QED) is 0.649. The first-order chi connectivity index (χ1) is 5.83. The van der Waals surface area contributed by atoms with Crippen molar-refractivity contribution in [3.8, 4) is 6.07 Å². The highest BCUT2D eigenvalue weighted by Crippen LogP contribution is 2.19. The molecule has 1 unspecified atom stereocenters. The molecule has 0 aromatic carbocycles. The van der Waals surface area contributed by atoms with E-state index in [1.165, 1.54) is 12.8 Å². The van der Waals surface area contributed by atoms with Crippen LogP contribution in [0.5, 0.6) is 0 Å². The Balaban J connectivity index is 1.98. The molecule has 0 aromatic heterocycles. The van der Waals surface area contributed by atoms with Crippen LogP contribution >= 0.6 is 0 Å². The molecule has 68 valence electrons. The van der Waals surface area contributed by atoms with Gasteiger partial charge in [-0.05, 0) is 19.8 Å². The van der Waals surface area contributed by atoms with Crippen LogP contribution in [0.25, 0.3) is 0 Å². The molecule has 1 aliphatic carbocycles. The fraction of sp³-hybridized carbons (Fsp3) is 0.889. The van der Waals surface area contributed by atoms with Gasteiger partial charge in [-0.3, -0.25) is 4.84 Å². The number of hydroxylamine groups is 1. The minimum Gasteiger partial charge on any atom is -0.298 e. The second-order valence-electron chi connectivity index (χ2n) is 3.40. The molecular weight excluding hydrogens is 152 g/mol. The molecule has 0 spiro atoms. The van der Waals surface area contributed by atoms with Gasteiger partial charge in [0, 0.05) is 6.54 Å². The summed E-state index contributed by atoms with van der Waals surface area (Å²) < 4.78 is 0. The SMILES string of the molecule is CC(C#N)CNOC1CCCC1. The van der Waals surface area contributed by atoms with E-state index in [4.69, 9.17) is 10.1 Å². The fourth-order valence-corrected chi connectivity index (χ4v) is 1.34. The van der Waals surface area contributed by atoms with Crippen LogP contribution in [0.3, 0.4) is 0 Å². The van der Waals surface area contributed by atoms with Crippen LogP contribution in [0.4, 0.5) is 0 Å². The van der Waals surface area contributed by atoms with Gasteiger partial charge in [0.15, 0.2) is 0 Å². The largest absolute Gasteiger partial charge is 0.298 e. The smallest absolute Gasteiger partial charge is 0.0790 e. The predicted octanol–water partition coefficient (Wildman–Crippen LogP) is 1.61. The number of hydrogen-bond donors (Lipinski definition) is 1. The molecule has 1 atom stereocenters. The van der Waals surface area contributed by atoms with Gasteiger partial charge < -0.3 is 0 Å². The molecule has 0 radical (unpaired) electrons. The van der Waals surface area contributed by atoms with Gasteiger partial charge in [-0.1, -0.05) is 12.8 Å². The maximum Gasteiger partial charge on any atom is 0.0790 e. The molecule has 1 saturated carbocycles. The molecule has 0 aromatic rings. The standard InChI is InChI=1S/C9H16N2O/c1-8(6-10)7-11-12-9-4-2-3-5-9/h8-9,11H,2-5,7H2,1H3. The topological polar surface area (TPSA) is 45.0 Å². The van der Waals surface area contributed by atoms with E-state index in [-0.39, 0.29) is 5.92 Å². The Labute approximate surface area is 73.7 Å². The predicted molar refractivity (Wildman–Crippen MR) is 46.1 cm³/mol. The van der Waals surface area contributed by atoms with Gasteiger partial charge in [0.2, 0.25) is 0 Å². The first-order valence-corrected chi connectivity index (χ1v) is 4.61. The lowest BCUT2D eigenvalue weighted by molar-refractivity contribution is -0.0233. The molecule has 3 heteroatoms. The highest BCUT2D eigenvalue weighted by atomic mass is 16.7. The van der Waals surface area contributed by atoms with Crippen molar-refractivity contribution in [3.63, 3.8) is 0 Å². The summed E-state index contributed by atoms with van der Waals surface area (Å²) in [5, 5.41) is 8.48. The van der Waals surface area contributed by atoms with Crippen LogP contribution in [0.2, 0.25) is 0 Å². The van der Waals surface area contributed by atoms with Crippen molar-refractivity contribution in [1.82, 2.24) is 5.48 Å². The van der Waals surface area contributed by atoms with Crippen molar-refractivity contribution in [1.29, 1.82) is 5.26 Å². The van der Waals surface area contributed by atoms with Crippen molar-refractivity contribution >= 4 is 0 Å². The monoisotopic (exact) mass is 168 g/mol. The maximum absolute atomic E-state index is 8.48. The number of hydrogen-bond acceptors (Lipinski definition) is 3. The van der Waals surface area contributed by atoms with E-state index in [0.29, 0.717) is 12.6 Å². The van der Waals surface area contributed by atoms with Crippen molar-refractivity contribution < 1.29 is 4.84 Å². The molecular formula is C9H16N2O. The Kier molecular flexibility index (Phi) is 4.06. The summed E-state index contributed by atoms with van der Waals surface area (Å²) in [4.78, 5) is 5.37. The number of rotatable bonds is 4. The van der Waals surface area contributed by atoms with Gasteiger partial charge in [0.25, 0.3) is 0 Å². The fourth-order valence-electron chi connectivity index (χ4n) is 1.34. The summed E-state index contributed by atoms with van der Waals surface area (Å²) in [5.41, 5.74) is 2.86. The van der Waals surface area contributed by atoms with Gasteiger partial charge in [0.05, 0.1) is 18.1 Å². The van der Waals surface area contributed by atoms with Gasteiger partial charge >= 0.3 is 0 Å². The molecule has 0 bridgehead atoms. The summed E-state index contributed by atoms with van der Waals surface area (Å²) >= 11 is 0. The first kappa shape index (κ1) is 9.50. The molecule has 0 amide bonds. The van der Waals surface area contributed by atoms with E-state index in [9.17, 15) is 0 Å². The van der Waals surface area contributed by atoms with E-state index in [0.717, 1.165) is 12.8 Å². The summed E-state index contributed by atoms with van der Waals surface area (Å²) in [6, 6.07) is 2.15. The third-order valence-electron chi connectivity index (χ3n) is 2.16. The Hall–Kier alpha value is -0.590. The molecule has 1 rings (SSSR count). The number of nitriles is 1.